The molecule has 0 unspecified atom stereocenters. The van der Waals surface area contributed by atoms with Gasteiger partial charge < -0.3 is 14.6 Å². The van der Waals surface area contributed by atoms with Crippen molar-refractivity contribution < 1.29 is 9.53 Å². The Morgan fingerprint density at radius 1 is 1.26 bits per heavy atom. The molecule has 0 atom stereocenters. The molecule has 1 saturated carbocycles. The Labute approximate surface area is 184 Å². The lowest BCUT2D eigenvalue weighted by Crippen LogP contribution is -2.37. The Morgan fingerprint density at radius 2 is 2.03 bits per heavy atom. The maximum absolute atomic E-state index is 13.3. The largest absolute Gasteiger partial charge is 0.361 e. The van der Waals surface area contributed by atoms with Gasteiger partial charge >= 0.3 is 0 Å². The maximum atomic E-state index is 13.3. The molecule has 1 aliphatic rings. The number of ether oxygens (including phenoxy) is 1. The van der Waals surface area contributed by atoms with Crippen LogP contribution in [0.3, 0.4) is 0 Å². The van der Waals surface area contributed by atoms with E-state index in [0.717, 1.165) is 30.3 Å². The van der Waals surface area contributed by atoms with Gasteiger partial charge in [-0.1, -0.05) is 33.0 Å². The van der Waals surface area contributed by atoms with Crippen molar-refractivity contribution in [1.29, 1.82) is 0 Å². The summed E-state index contributed by atoms with van der Waals surface area (Å²) in [4.78, 5) is 17.8. The minimum atomic E-state index is -1.16. The van der Waals surface area contributed by atoms with Crippen LogP contribution in [0.5, 0.6) is 0 Å². The summed E-state index contributed by atoms with van der Waals surface area (Å²) in [7, 11) is -1.16. The predicted octanol–water partition coefficient (Wildman–Crippen LogP) is 4.09. The molecule has 1 aliphatic carbocycles. The molecule has 0 aromatic carbocycles. The second-order valence-corrected chi connectivity index (χ2v) is 15.6. The van der Waals surface area contributed by atoms with Crippen LogP contribution in [0.2, 0.25) is 25.7 Å². The smallest absolute Gasteiger partial charge is 0.255 e. The predicted molar refractivity (Wildman–Crippen MR) is 124 cm³/mol. The Bertz CT molecular complexity index is 1050. The van der Waals surface area contributed by atoms with Crippen molar-refractivity contribution in [2.75, 3.05) is 6.61 Å². The lowest BCUT2D eigenvalue weighted by molar-refractivity contribution is 0.0886. The van der Waals surface area contributed by atoms with E-state index in [0.29, 0.717) is 30.2 Å². The fraction of sp³-hybridized carbons (Fsp3) is 0.636. The lowest BCUT2D eigenvalue weighted by atomic mass is 9.84. The number of hydrogen-bond donors (Lipinski definition) is 1. The van der Waals surface area contributed by atoms with Crippen molar-refractivity contribution in [3.8, 4) is 0 Å². The van der Waals surface area contributed by atoms with Gasteiger partial charge in [0.25, 0.3) is 5.91 Å². The third kappa shape index (κ3) is 4.98. The van der Waals surface area contributed by atoms with Crippen LogP contribution in [-0.4, -0.2) is 50.8 Å². The molecule has 4 rings (SSSR count). The highest BCUT2D eigenvalue weighted by atomic mass is 28.3. The highest BCUT2D eigenvalue weighted by Gasteiger charge is 2.25. The van der Waals surface area contributed by atoms with Gasteiger partial charge in [-0.3, -0.25) is 9.20 Å². The van der Waals surface area contributed by atoms with Gasteiger partial charge in [-0.15, -0.1) is 10.2 Å². The van der Waals surface area contributed by atoms with E-state index >= 15 is 0 Å². The van der Waals surface area contributed by atoms with Gasteiger partial charge in [-0.05, 0) is 37.6 Å². The molecule has 0 radical (unpaired) electrons. The SMILES string of the molecule is CC[C@H]1CC[C@H](NC(=O)c2cn(COCC[Si](C)(C)C)c3ncc4nncn4c23)CC1. The van der Waals surface area contributed by atoms with Crippen LogP contribution in [0.25, 0.3) is 16.8 Å². The van der Waals surface area contributed by atoms with Gasteiger partial charge in [-0.25, -0.2) is 4.98 Å². The third-order valence-corrected chi connectivity index (χ3v) is 8.08. The van der Waals surface area contributed by atoms with Crippen molar-refractivity contribution in [1.82, 2.24) is 29.5 Å². The summed E-state index contributed by atoms with van der Waals surface area (Å²) in [5, 5.41) is 11.4. The molecule has 9 heteroatoms. The summed E-state index contributed by atoms with van der Waals surface area (Å²) in [6.45, 7) is 10.3. The molecule has 0 bridgehead atoms. The van der Waals surface area contributed by atoms with Crippen LogP contribution in [-0.2, 0) is 11.5 Å². The monoisotopic (exact) mass is 442 g/mol. The zero-order valence-electron chi connectivity index (χ0n) is 19.1. The Morgan fingerprint density at radius 3 is 2.74 bits per heavy atom. The van der Waals surface area contributed by atoms with Gasteiger partial charge in [0.15, 0.2) is 11.3 Å². The summed E-state index contributed by atoms with van der Waals surface area (Å²) in [6.07, 6.45) is 10.9. The van der Waals surface area contributed by atoms with E-state index in [1.54, 1.807) is 12.5 Å². The summed E-state index contributed by atoms with van der Waals surface area (Å²) in [6, 6.07) is 1.33. The lowest BCUT2D eigenvalue weighted by Gasteiger charge is -2.28. The minimum absolute atomic E-state index is 0.0613. The molecule has 31 heavy (non-hydrogen) atoms. The number of hydrogen-bond acceptors (Lipinski definition) is 5. The molecule has 8 nitrogen and oxygen atoms in total. The molecule has 1 N–H and O–H groups in total. The van der Waals surface area contributed by atoms with Crippen LogP contribution in [0, 0.1) is 5.92 Å². The average molecular weight is 443 g/mol. The summed E-state index contributed by atoms with van der Waals surface area (Å²) >= 11 is 0. The van der Waals surface area contributed by atoms with E-state index in [2.05, 4.69) is 47.1 Å². The first-order valence-electron chi connectivity index (χ1n) is 11.4. The van der Waals surface area contributed by atoms with Crippen LogP contribution in [0.1, 0.15) is 49.4 Å². The Hall–Kier alpha value is -2.26. The topological polar surface area (TPSA) is 86.3 Å². The molecule has 1 amide bonds. The normalized spacial score (nSPS) is 19.9. The Balaban J connectivity index is 1.56. The molecule has 0 spiro atoms. The number of carbonyl (C=O) groups excluding carboxylic acids is 1. The molecule has 168 valence electrons. The van der Waals surface area contributed by atoms with Gasteiger partial charge in [0, 0.05) is 26.9 Å². The van der Waals surface area contributed by atoms with Crippen molar-refractivity contribution in [2.45, 2.75) is 77.5 Å². The van der Waals surface area contributed by atoms with E-state index in [1.165, 1.54) is 19.3 Å². The van der Waals surface area contributed by atoms with Crippen molar-refractivity contribution in [3.05, 3.63) is 24.3 Å². The van der Waals surface area contributed by atoms with Gasteiger partial charge in [0.05, 0.1) is 11.8 Å². The minimum Gasteiger partial charge on any atom is -0.361 e. The highest BCUT2D eigenvalue weighted by molar-refractivity contribution is 6.76. The van der Waals surface area contributed by atoms with Crippen LogP contribution >= 0.6 is 0 Å². The number of aromatic nitrogens is 5. The van der Waals surface area contributed by atoms with E-state index in [-0.39, 0.29) is 11.9 Å². The quantitative estimate of drug-likeness (QED) is 0.419. The third-order valence-electron chi connectivity index (χ3n) is 6.37. The first kappa shape index (κ1) is 21.9. The van der Waals surface area contributed by atoms with Gasteiger partial charge in [0.1, 0.15) is 18.6 Å². The highest BCUT2D eigenvalue weighted by Crippen LogP contribution is 2.27. The molecule has 3 aromatic rings. The average Bonchev–Trinajstić information content (AvgIpc) is 3.35. The van der Waals surface area contributed by atoms with Crippen LogP contribution < -0.4 is 5.32 Å². The van der Waals surface area contributed by atoms with E-state index in [9.17, 15) is 4.79 Å². The molecule has 1 fully saturated rings. The van der Waals surface area contributed by atoms with Crippen molar-refractivity contribution >= 4 is 30.8 Å². The van der Waals surface area contributed by atoms with Gasteiger partial charge in [-0.2, -0.15) is 0 Å². The van der Waals surface area contributed by atoms with Crippen molar-refractivity contribution in [2.24, 2.45) is 5.92 Å². The first-order valence-corrected chi connectivity index (χ1v) is 15.1. The number of nitrogens with one attached hydrogen (secondary N) is 1. The number of amides is 1. The molecular formula is C22H34N6O2Si. The number of carbonyl (C=O) groups is 1. The number of rotatable bonds is 8. The van der Waals surface area contributed by atoms with Gasteiger partial charge in [0.2, 0.25) is 0 Å². The zero-order chi connectivity index (χ0) is 22.0. The number of nitrogens with zero attached hydrogens (tertiary/aromatic N) is 5. The maximum Gasteiger partial charge on any atom is 0.255 e. The molecule has 3 aromatic heterocycles. The fourth-order valence-corrected chi connectivity index (χ4v) is 5.07. The second kappa shape index (κ2) is 9.08. The van der Waals surface area contributed by atoms with E-state index in [4.69, 9.17) is 4.74 Å². The fourth-order valence-electron chi connectivity index (χ4n) is 4.31. The van der Waals surface area contributed by atoms with Crippen LogP contribution in [0.4, 0.5) is 0 Å². The Kier molecular flexibility index (Phi) is 6.43. The van der Waals surface area contributed by atoms with Crippen molar-refractivity contribution in [3.63, 3.8) is 0 Å². The summed E-state index contributed by atoms with van der Waals surface area (Å²) < 4.78 is 9.71. The van der Waals surface area contributed by atoms with Crippen LogP contribution in [0.15, 0.2) is 18.7 Å². The van der Waals surface area contributed by atoms with E-state index in [1.807, 2.05) is 15.2 Å². The molecule has 0 saturated heterocycles. The molecule has 0 aliphatic heterocycles. The standard InChI is InChI=1S/C22H34N6O2Si/c1-5-16-6-8-17(9-7-16)25-22(29)18-13-27(15-30-10-11-31(2,3)4)21-20(18)28-14-24-26-19(28)12-23-21/h12-14,16-17H,5-11,15H2,1-4H3,(H,25,29)/t16-,17-. The molecular weight excluding hydrogens is 408 g/mol. The first-order chi connectivity index (χ1) is 14.9. The summed E-state index contributed by atoms with van der Waals surface area (Å²) in [5.41, 5.74) is 2.66. The number of fused-ring (bicyclic) bond motifs is 3. The summed E-state index contributed by atoms with van der Waals surface area (Å²) in [5.74, 6) is 0.734. The zero-order valence-corrected chi connectivity index (χ0v) is 20.1. The molecule has 3 heterocycles. The second-order valence-electron chi connectivity index (χ2n) is 9.95. The van der Waals surface area contributed by atoms with E-state index < -0.39 is 8.07 Å².